The number of rotatable bonds is 1. The highest BCUT2D eigenvalue weighted by Crippen LogP contribution is 2.51. The van der Waals surface area contributed by atoms with Gasteiger partial charge < -0.3 is 20.8 Å². The summed E-state index contributed by atoms with van der Waals surface area (Å²) in [5, 5.41) is 25.6. The fraction of sp³-hybridized carbons (Fsp3) is 0.235. The van der Waals surface area contributed by atoms with E-state index in [2.05, 4.69) is 10.6 Å². The fourth-order valence-electron chi connectivity index (χ4n) is 3.73. The maximum Gasteiger partial charge on any atom is 0.237 e. The maximum atomic E-state index is 12.7. The van der Waals surface area contributed by atoms with Gasteiger partial charge in [-0.05, 0) is 42.3 Å². The summed E-state index contributed by atoms with van der Waals surface area (Å²) in [7, 11) is 0. The molecule has 2 aliphatic rings. The SMILES string of the molecule is O=C1Nc2ccccc2[C@]12CCN[C@H]2c1ccc(O)c(O)c1. The molecule has 0 saturated carbocycles. The van der Waals surface area contributed by atoms with Gasteiger partial charge in [0.2, 0.25) is 5.91 Å². The molecule has 1 amide bonds. The van der Waals surface area contributed by atoms with Crippen molar-refractivity contribution in [2.45, 2.75) is 17.9 Å². The van der Waals surface area contributed by atoms with Gasteiger partial charge in [-0.15, -0.1) is 0 Å². The van der Waals surface area contributed by atoms with Gasteiger partial charge in [-0.1, -0.05) is 24.3 Å². The Morgan fingerprint density at radius 2 is 1.91 bits per heavy atom. The van der Waals surface area contributed by atoms with Crippen molar-refractivity contribution in [3.05, 3.63) is 53.6 Å². The van der Waals surface area contributed by atoms with Crippen molar-refractivity contribution in [1.29, 1.82) is 0 Å². The van der Waals surface area contributed by atoms with Gasteiger partial charge in [0.05, 0.1) is 11.5 Å². The molecule has 0 aliphatic carbocycles. The zero-order valence-electron chi connectivity index (χ0n) is 11.8. The second-order valence-electron chi connectivity index (χ2n) is 5.86. The van der Waals surface area contributed by atoms with Crippen molar-refractivity contribution >= 4 is 11.6 Å². The van der Waals surface area contributed by atoms with E-state index in [0.717, 1.165) is 16.8 Å². The third-order valence-electron chi connectivity index (χ3n) is 4.75. The van der Waals surface area contributed by atoms with E-state index in [9.17, 15) is 15.0 Å². The Kier molecular flexibility index (Phi) is 2.68. The summed E-state index contributed by atoms with van der Waals surface area (Å²) in [6, 6.07) is 12.2. The molecule has 2 aliphatic heterocycles. The number of aromatic hydroxyl groups is 2. The first-order valence-electron chi connectivity index (χ1n) is 7.29. The third-order valence-corrected chi connectivity index (χ3v) is 4.75. The van der Waals surface area contributed by atoms with Crippen LogP contribution < -0.4 is 10.6 Å². The summed E-state index contributed by atoms with van der Waals surface area (Å²) in [6.45, 7) is 0.716. The molecular weight excluding hydrogens is 280 g/mol. The number of amides is 1. The standard InChI is InChI=1S/C17H16N2O3/c20-13-6-5-10(9-14(13)21)15-17(7-8-18-15)11-3-1-2-4-12(11)19-16(17)22/h1-6,9,15,18,20-21H,7-8H2,(H,19,22)/t15-,17-/m0/s1. The van der Waals surface area contributed by atoms with Gasteiger partial charge in [0.15, 0.2) is 11.5 Å². The first-order chi connectivity index (χ1) is 10.6. The minimum Gasteiger partial charge on any atom is -0.504 e. The van der Waals surface area contributed by atoms with Gasteiger partial charge in [0.25, 0.3) is 0 Å². The Morgan fingerprint density at radius 3 is 2.73 bits per heavy atom. The van der Waals surface area contributed by atoms with E-state index in [0.29, 0.717) is 13.0 Å². The van der Waals surface area contributed by atoms with Crippen LogP contribution in [-0.2, 0) is 10.2 Å². The fourth-order valence-corrected chi connectivity index (χ4v) is 3.73. The Hall–Kier alpha value is -2.53. The Labute approximate surface area is 127 Å². The molecule has 2 aromatic rings. The molecule has 4 rings (SSSR count). The second kappa shape index (κ2) is 4.48. The summed E-state index contributed by atoms with van der Waals surface area (Å²) in [5.41, 5.74) is 1.96. The highest BCUT2D eigenvalue weighted by Gasteiger charge is 2.55. The monoisotopic (exact) mass is 296 g/mol. The summed E-state index contributed by atoms with van der Waals surface area (Å²) < 4.78 is 0. The predicted molar refractivity (Wildman–Crippen MR) is 81.9 cm³/mol. The van der Waals surface area contributed by atoms with E-state index in [1.54, 1.807) is 6.07 Å². The van der Waals surface area contributed by atoms with Crippen LogP contribution in [-0.4, -0.2) is 22.7 Å². The van der Waals surface area contributed by atoms with E-state index in [4.69, 9.17) is 0 Å². The van der Waals surface area contributed by atoms with Crippen LogP contribution in [0.4, 0.5) is 5.69 Å². The quantitative estimate of drug-likeness (QED) is 0.607. The maximum absolute atomic E-state index is 12.7. The first kappa shape index (κ1) is 13.2. The number of hydrogen-bond acceptors (Lipinski definition) is 4. The number of phenolic OH excluding ortho intramolecular Hbond substituents is 2. The van der Waals surface area contributed by atoms with E-state index >= 15 is 0 Å². The van der Waals surface area contributed by atoms with Gasteiger partial charge in [0.1, 0.15) is 0 Å². The van der Waals surface area contributed by atoms with Crippen LogP contribution in [0.25, 0.3) is 0 Å². The summed E-state index contributed by atoms with van der Waals surface area (Å²) in [4.78, 5) is 12.7. The molecule has 1 fully saturated rings. The molecule has 2 atom stereocenters. The topological polar surface area (TPSA) is 81.6 Å². The van der Waals surface area contributed by atoms with E-state index in [1.807, 2.05) is 24.3 Å². The number of benzene rings is 2. The van der Waals surface area contributed by atoms with Crippen LogP contribution in [0.1, 0.15) is 23.6 Å². The van der Waals surface area contributed by atoms with Crippen LogP contribution in [0.15, 0.2) is 42.5 Å². The van der Waals surface area contributed by atoms with Crippen molar-refractivity contribution < 1.29 is 15.0 Å². The highest BCUT2D eigenvalue weighted by molar-refractivity contribution is 6.07. The number of carbonyl (C=O) groups excluding carboxylic acids is 1. The minimum atomic E-state index is -0.667. The molecule has 0 radical (unpaired) electrons. The van der Waals surface area contributed by atoms with E-state index < -0.39 is 5.41 Å². The average molecular weight is 296 g/mol. The molecule has 1 spiro atoms. The number of hydrogen-bond donors (Lipinski definition) is 4. The van der Waals surface area contributed by atoms with Crippen LogP contribution in [0.5, 0.6) is 11.5 Å². The summed E-state index contributed by atoms with van der Waals surface area (Å²) in [5.74, 6) is -0.351. The molecule has 0 bridgehead atoms. The molecule has 0 aromatic heterocycles. The summed E-state index contributed by atoms with van der Waals surface area (Å²) >= 11 is 0. The van der Waals surface area contributed by atoms with Crippen LogP contribution in [0.3, 0.4) is 0 Å². The number of nitrogens with one attached hydrogen (secondary N) is 2. The lowest BCUT2D eigenvalue weighted by Crippen LogP contribution is -2.39. The number of phenols is 2. The molecule has 5 nitrogen and oxygen atoms in total. The molecule has 1 saturated heterocycles. The zero-order chi connectivity index (χ0) is 15.3. The zero-order valence-corrected chi connectivity index (χ0v) is 11.8. The molecule has 2 heterocycles. The Morgan fingerprint density at radius 1 is 1.09 bits per heavy atom. The van der Waals surface area contributed by atoms with Crippen molar-refractivity contribution in [1.82, 2.24) is 5.32 Å². The molecular formula is C17H16N2O3. The van der Waals surface area contributed by atoms with Crippen LogP contribution in [0, 0.1) is 0 Å². The Balaban J connectivity index is 1.87. The average Bonchev–Trinajstić information content (AvgIpc) is 3.07. The van der Waals surface area contributed by atoms with Crippen LogP contribution in [0.2, 0.25) is 0 Å². The lowest BCUT2D eigenvalue weighted by atomic mass is 9.73. The number of anilines is 1. The second-order valence-corrected chi connectivity index (χ2v) is 5.86. The lowest BCUT2D eigenvalue weighted by molar-refractivity contribution is -0.121. The molecule has 22 heavy (non-hydrogen) atoms. The normalized spacial score (nSPS) is 26.2. The van der Waals surface area contributed by atoms with Crippen molar-refractivity contribution in [2.24, 2.45) is 0 Å². The lowest BCUT2D eigenvalue weighted by Gasteiger charge is -2.29. The highest BCUT2D eigenvalue weighted by atomic mass is 16.3. The van der Waals surface area contributed by atoms with Gasteiger partial charge in [-0.3, -0.25) is 4.79 Å². The molecule has 4 N–H and O–H groups in total. The predicted octanol–water partition coefficient (Wildman–Crippen LogP) is 2.02. The van der Waals surface area contributed by atoms with Gasteiger partial charge >= 0.3 is 0 Å². The van der Waals surface area contributed by atoms with Gasteiger partial charge in [-0.2, -0.15) is 0 Å². The van der Waals surface area contributed by atoms with Crippen molar-refractivity contribution in [2.75, 3.05) is 11.9 Å². The van der Waals surface area contributed by atoms with Crippen LogP contribution >= 0.6 is 0 Å². The minimum absolute atomic E-state index is 0.0173. The Bertz CT molecular complexity index is 774. The van der Waals surface area contributed by atoms with Gasteiger partial charge in [0, 0.05) is 5.69 Å². The van der Waals surface area contributed by atoms with Crippen molar-refractivity contribution in [3.63, 3.8) is 0 Å². The van der Waals surface area contributed by atoms with Gasteiger partial charge in [-0.25, -0.2) is 0 Å². The smallest absolute Gasteiger partial charge is 0.237 e. The van der Waals surface area contributed by atoms with E-state index in [1.165, 1.54) is 12.1 Å². The number of carbonyl (C=O) groups is 1. The largest absolute Gasteiger partial charge is 0.504 e. The summed E-state index contributed by atoms with van der Waals surface area (Å²) in [6.07, 6.45) is 0.697. The van der Waals surface area contributed by atoms with Crippen molar-refractivity contribution in [3.8, 4) is 11.5 Å². The molecule has 5 heteroatoms. The molecule has 112 valence electrons. The van der Waals surface area contributed by atoms with E-state index in [-0.39, 0.29) is 23.4 Å². The third kappa shape index (κ3) is 1.60. The first-order valence-corrected chi connectivity index (χ1v) is 7.29. The molecule has 0 unspecified atom stereocenters. The number of fused-ring (bicyclic) bond motifs is 2. The molecule has 2 aromatic carbocycles. The number of para-hydroxylation sites is 1.